The third-order valence-corrected chi connectivity index (χ3v) is 6.39. The maximum Gasteiger partial charge on any atom is 0.294 e. The van der Waals surface area contributed by atoms with Crippen LogP contribution in [0.4, 0.5) is 10.5 Å². The molecule has 0 unspecified atom stereocenters. The normalized spacial score (nSPS) is 14.5. The minimum atomic E-state index is -0.520. The van der Waals surface area contributed by atoms with Crippen LogP contribution in [0, 0.1) is 0 Å². The molecule has 0 saturated carbocycles. The summed E-state index contributed by atoms with van der Waals surface area (Å²) in [4.78, 5) is 39.4. The Labute approximate surface area is 207 Å². The van der Waals surface area contributed by atoms with Crippen molar-refractivity contribution in [2.45, 2.75) is 6.42 Å². The van der Waals surface area contributed by atoms with E-state index in [0.29, 0.717) is 29.2 Å². The third-order valence-electron chi connectivity index (χ3n) is 5.48. The molecule has 0 aliphatic carbocycles. The number of hydrogen-bond acceptors (Lipinski definition) is 6. The molecule has 1 aliphatic heterocycles. The van der Waals surface area contributed by atoms with Crippen molar-refractivity contribution in [3.8, 4) is 11.5 Å². The SMILES string of the molecule is C=CCc1cc(/C=C2\SC(=O)N(CC(=O)Nc3cccc4ccccc34)C2=O)cc(OC)c1OC. The van der Waals surface area contributed by atoms with Crippen LogP contribution in [0.1, 0.15) is 11.1 Å². The van der Waals surface area contributed by atoms with Crippen molar-refractivity contribution in [1.82, 2.24) is 4.90 Å². The first-order valence-corrected chi connectivity index (χ1v) is 11.7. The maximum absolute atomic E-state index is 13.0. The number of nitrogens with zero attached hydrogens (tertiary/aromatic N) is 1. The van der Waals surface area contributed by atoms with Gasteiger partial charge in [0.2, 0.25) is 5.91 Å². The number of rotatable bonds is 8. The zero-order chi connectivity index (χ0) is 24.9. The second-order valence-electron chi connectivity index (χ2n) is 7.75. The number of carbonyl (C=O) groups excluding carboxylic acids is 3. The standard InChI is InChI=1S/C27H24N2O5S/c1-4-8-19-13-17(14-22(33-2)25(19)34-3)15-23-26(31)29(27(32)35-23)16-24(30)28-21-12-7-10-18-9-5-6-11-20(18)21/h4-7,9-15H,1,8,16H2,2-3H3,(H,28,30)/b23-15-. The summed E-state index contributed by atoms with van der Waals surface area (Å²) in [5.41, 5.74) is 2.13. The summed E-state index contributed by atoms with van der Waals surface area (Å²) in [6.45, 7) is 3.39. The third kappa shape index (κ3) is 5.07. The molecule has 0 bridgehead atoms. The summed E-state index contributed by atoms with van der Waals surface area (Å²) in [5.74, 6) is 0.118. The van der Waals surface area contributed by atoms with E-state index in [1.807, 2.05) is 42.5 Å². The first-order chi connectivity index (χ1) is 16.9. The van der Waals surface area contributed by atoms with Crippen LogP contribution in [-0.4, -0.2) is 42.7 Å². The van der Waals surface area contributed by atoms with Crippen molar-refractivity contribution < 1.29 is 23.9 Å². The topological polar surface area (TPSA) is 84.9 Å². The minimum absolute atomic E-state index is 0.227. The average Bonchev–Trinajstić information content (AvgIpc) is 3.11. The number of benzene rings is 3. The van der Waals surface area contributed by atoms with Crippen LogP contribution in [-0.2, 0) is 16.0 Å². The molecule has 3 aromatic carbocycles. The monoisotopic (exact) mass is 488 g/mol. The van der Waals surface area contributed by atoms with Gasteiger partial charge in [0.15, 0.2) is 11.5 Å². The second-order valence-corrected chi connectivity index (χ2v) is 8.74. The Morgan fingerprint density at radius 3 is 2.60 bits per heavy atom. The fraction of sp³-hybridized carbons (Fsp3) is 0.148. The van der Waals surface area contributed by atoms with Crippen LogP contribution < -0.4 is 14.8 Å². The van der Waals surface area contributed by atoms with Gasteiger partial charge in [0.25, 0.3) is 11.1 Å². The fourth-order valence-electron chi connectivity index (χ4n) is 3.91. The summed E-state index contributed by atoms with van der Waals surface area (Å²) >= 11 is 0.796. The predicted octanol–water partition coefficient (Wildman–Crippen LogP) is 5.26. The smallest absolute Gasteiger partial charge is 0.294 e. The number of thioether (sulfide) groups is 1. The fourth-order valence-corrected chi connectivity index (χ4v) is 4.75. The van der Waals surface area contributed by atoms with Gasteiger partial charge in [-0.2, -0.15) is 0 Å². The highest BCUT2D eigenvalue weighted by Crippen LogP contribution is 2.37. The lowest BCUT2D eigenvalue weighted by Crippen LogP contribution is -2.36. The second kappa shape index (κ2) is 10.5. The Kier molecular flexibility index (Phi) is 7.22. The molecule has 1 fully saturated rings. The van der Waals surface area contributed by atoms with E-state index >= 15 is 0 Å². The lowest BCUT2D eigenvalue weighted by molar-refractivity contribution is -0.127. The molecule has 0 radical (unpaired) electrons. The first-order valence-electron chi connectivity index (χ1n) is 10.8. The van der Waals surface area contributed by atoms with Gasteiger partial charge in [-0.05, 0) is 53.4 Å². The van der Waals surface area contributed by atoms with Gasteiger partial charge < -0.3 is 14.8 Å². The summed E-state index contributed by atoms with van der Waals surface area (Å²) in [7, 11) is 3.08. The number of nitrogens with one attached hydrogen (secondary N) is 1. The summed E-state index contributed by atoms with van der Waals surface area (Å²) < 4.78 is 10.9. The van der Waals surface area contributed by atoms with E-state index in [1.165, 1.54) is 7.11 Å². The molecule has 1 heterocycles. The molecule has 4 rings (SSSR count). The Morgan fingerprint density at radius 2 is 1.86 bits per heavy atom. The van der Waals surface area contributed by atoms with Crippen LogP contribution in [0.3, 0.4) is 0 Å². The Morgan fingerprint density at radius 1 is 1.09 bits per heavy atom. The largest absolute Gasteiger partial charge is 0.493 e. The van der Waals surface area contributed by atoms with E-state index in [-0.39, 0.29) is 11.4 Å². The molecule has 0 aromatic heterocycles. The highest BCUT2D eigenvalue weighted by molar-refractivity contribution is 8.18. The molecule has 35 heavy (non-hydrogen) atoms. The van der Waals surface area contributed by atoms with Crippen LogP contribution in [0.5, 0.6) is 11.5 Å². The average molecular weight is 489 g/mol. The van der Waals surface area contributed by atoms with E-state index in [0.717, 1.165) is 33.0 Å². The van der Waals surface area contributed by atoms with Crippen molar-refractivity contribution in [2.24, 2.45) is 0 Å². The van der Waals surface area contributed by atoms with E-state index in [2.05, 4.69) is 11.9 Å². The maximum atomic E-state index is 13.0. The lowest BCUT2D eigenvalue weighted by atomic mass is 10.0. The quantitative estimate of drug-likeness (QED) is 0.344. The highest BCUT2D eigenvalue weighted by Gasteiger charge is 2.36. The number of fused-ring (bicyclic) bond motifs is 1. The number of imide groups is 1. The van der Waals surface area contributed by atoms with Crippen molar-refractivity contribution in [3.05, 3.63) is 83.3 Å². The molecule has 7 nitrogen and oxygen atoms in total. The zero-order valence-electron chi connectivity index (χ0n) is 19.4. The highest BCUT2D eigenvalue weighted by atomic mass is 32.2. The molecular formula is C27H24N2O5S. The Hall–Kier alpha value is -4.04. The first kappa shape index (κ1) is 24.1. The minimum Gasteiger partial charge on any atom is -0.493 e. The van der Waals surface area contributed by atoms with Gasteiger partial charge in [-0.25, -0.2) is 0 Å². The van der Waals surface area contributed by atoms with Crippen LogP contribution in [0.25, 0.3) is 16.8 Å². The molecular weight excluding hydrogens is 464 g/mol. The molecule has 3 aromatic rings. The summed E-state index contributed by atoms with van der Waals surface area (Å²) in [6.07, 6.45) is 3.89. The molecule has 0 atom stereocenters. The zero-order valence-corrected chi connectivity index (χ0v) is 20.2. The summed E-state index contributed by atoms with van der Waals surface area (Å²) in [5, 5.41) is 4.17. The number of carbonyl (C=O) groups is 3. The number of ether oxygens (including phenoxy) is 2. The Balaban J connectivity index is 1.54. The van der Waals surface area contributed by atoms with Crippen molar-refractivity contribution in [1.29, 1.82) is 0 Å². The number of amides is 3. The van der Waals surface area contributed by atoms with Gasteiger partial charge in [-0.15, -0.1) is 6.58 Å². The van der Waals surface area contributed by atoms with Gasteiger partial charge in [0.1, 0.15) is 6.54 Å². The van der Waals surface area contributed by atoms with Crippen LogP contribution in [0.2, 0.25) is 0 Å². The van der Waals surface area contributed by atoms with Gasteiger partial charge in [-0.1, -0.05) is 42.5 Å². The summed E-state index contributed by atoms with van der Waals surface area (Å²) in [6, 6.07) is 16.8. The Bertz CT molecular complexity index is 1360. The van der Waals surface area contributed by atoms with Gasteiger partial charge in [0.05, 0.1) is 19.1 Å². The molecule has 8 heteroatoms. The van der Waals surface area contributed by atoms with E-state index in [1.54, 1.807) is 31.4 Å². The van der Waals surface area contributed by atoms with Gasteiger partial charge >= 0.3 is 0 Å². The van der Waals surface area contributed by atoms with E-state index in [4.69, 9.17) is 9.47 Å². The number of hydrogen-bond donors (Lipinski definition) is 1. The molecule has 1 saturated heterocycles. The van der Waals surface area contributed by atoms with E-state index < -0.39 is 17.1 Å². The molecule has 178 valence electrons. The molecule has 1 N–H and O–H groups in total. The number of anilines is 1. The van der Waals surface area contributed by atoms with Gasteiger partial charge in [0, 0.05) is 16.6 Å². The van der Waals surface area contributed by atoms with Crippen molar-refractivity contribution in [2.75, 3.05) is 26.1 Å². The van der Waals surface area contributed by atoms with Crippen LogP contribution in [0.15, 0.2) is 72.2 Å². The molecule has 0 spiro atoms. The van der Waals surface area contributed by atoms with Crippen molar-refractivity contribution in [3.63, 3.8) is 0 Å². The number of methoxy groups -OCH3 is 2. The van der Waals surface area contributed by atoms with E-state index in [9.17, 15) is 14.4 Å². The lowest BCUT2D eigenvalue weighted by Gasteiger charge is -2.14. The van der Waals surface area contributed by atoms with Crippen LogP contribution >= 0.6 is 11.8 Å². The van der Waals surface area contributed by atoms with Gasteiger partial charge in [-0.3, -0.25) is 19.3 Å². The predicted molar refractivity (Wildman–Crippen MR) is 139 cm³/mol. The molecule has 3 amide bonds. The van der Waals surface area contributed by atoms with Crippen molar-refractivity contribution >= 4 is 51.4 Å². The number of allylic oxidation sites excluding steroid dienone is 1. The molecule has 1 aliphatic rings.